The van der Waals surface area contributed by atoms with Crippen LogP contribution >= 0.6 is 0 Å². The van der Waals surface area contributed by atoms with Gasteiger partial charge in [0.2, 0.25) is 5.78 Å². The van der Waals surface area contributed by atoms with Gasteiger partial charge in [-0.25, -0.2) is 0 Å². The van der Waals surface area contributed by atoms with Gasteiger partial charge in [-0.3, -0.25) is 14.4 Å². The molecule has 5 fully saturated rings. The average Bonchev–Trinajstić information content (AvgIpc) is 3.45. The summed E-state index contributed by atoms with van der Waals surface area (Å²) in [4.78, 5) is 41.2. The number of Topliss-reactive ketones (excluding diaryl/α,β-unsaturated/α-hetero) is 1. The summed E-state index contributed by atoms with van der Waals surface area (Å²) in [5.41, 5.74) is -1.21. The summed E-state index contributed by atoms with van der Waals surface area (Å²) in [5.74, 6) is -0.125. The highest BCUT2D eigenvalue weighted by Crippen LogP contribution is 2.70. The van der Waals surface area contributed by atoms with E-state index in [0.29, 0.717) is 19.3 Å². The van der Waals surface area contributed by atoms with E-state index in [1.165, 1.54) is 6.42 Å². The fourth-order valence-corrected chi connectivity index (χ4v) is 10.1. The number of esters is 1. The fraction of sp³-hybridized carbons (Fsp3) is 0.794. The van der Waals surface area contributed by atoms with Crippen molar-refractivity contribution < 1.29 is 33.7 Å². The predicted molar refractivity (Wildman–Crippen MR) is 156 cm³/mol. The highest BCUT2D eigenvalue weighted by molar-refractivity contribution is 6.01. The van der Waals surface area contributed by atoms with Crippen molar-refractivity contribution in [2.45, 2.75) is 109 Å². The van der Waals surface area contributed by atoms with Crippen LogP contribution in [0, 0.1) is 34.5 Å². The van der Waals surface area contributed by atoms with Crippen LogP contribution in [0.2, 0.25) is 0 Å². The molecule has 6 aliphatic rings. The second kappa shape index (κ2) is 11.2. The van der Waals surface area contributed by atoms with Gasteiger partial charge in [-0.1, -0.05) is 44.8 Å². The predicted octanol–water partition coefficient (Wildman–Crippen LogP) is 4.39. The molecule has 232 valence electrons. The summed E-state index contributed by atoms with van der Waals surface area (Å²) < 4.78 is 19.2. The van der Waals surface area contributed by atoms with Crippen molar-refractivity contribution in [2.75, 3.05) is 27.2 Å². The van der Waals surface area contributed by atoms with E-state index < -0.39 is 29.5 Å². The van der Waals surface area contributed by atoms with Crippen molar-refractivity contribution >= 4 is 17.5 Å². The molecule has 1 aliphatic heterocycles. The molecular formula is C34H49NO7. The number of ether oxygens (including phenoxy) is 3. The molecule has 1 saturated heterocycles. The number of fused-ring (bicyclic) bond motifs is 7. The summed E-state index contributed by atoms with van der Waals surface area (Å²) in [6.45, 7) is 4.71. The lowest BCUT2D eigenvalue weighted by molar-refractivity contribution is -0.210. The van der Waals surface area contributed by atoms with E-state index in [9.17, 15) is 19.5 Å². The van der Waals surface area contributed by atoms with Gasteiger partial charge in [0.15, 0.2) is 24.3 Å². The Kier molecular flexibility index (Phi) is 8.08. The molecule has 8 heteroatoms. The van der Waals surface area contributed by atoms with Crippen molar-refractivity contribution in [1.29, 1.82) is 0 Å². The fourth-order valence-electron chi connectivity index (χ4n) is 10.1. The molecular weight excluding hydrogens is 534 g/mol. The monoisotopic (exact) mass is 583 g/mol. The van der Waals surface area contributed by atoms with Gasteiger partial charge in [-0.05, 0) is 89.6 Å². The average molecular weight is 584 g/mol. The maximum Gasteiger partial charge on any atom is 0.306 e. The zero-order valence-electron chi connectivity index (χ0n) is 25.8. The van der Waals surface area contributed by atoms with Crippen LogP contribution in [-0.2, 0) is 28.6 Å². The number of ketones is 2. The molecule has 0 radical (unpaired) electrons. The van der Waals surface area contributed by atoms with Crippen molar-refractivity contribution in [3.05, 3.63) is 23.8 Å². The van der Waals surface area contributed by atoms with Crippen molar-refractivity contribution in [3.8, 4) is 0 Å². The molecule has 0 aromatic carbocycles. The summed E-state index contributed by atoms with van der Waals surface area (Å²) in [5, 5.41) is 11.9. The highest BCUT2D eigenvalue weighted by Gasteiger charge is 2.76. The van der Waals surface area contributed by atoms with Crippen LogP contribution < -0.4 is 0 Å². The third-order valence-corrected chi connectivity index (χ3v) is 12.1. The molecule has 1 N–H and O–H groups in total. The molecule has 0 spiro atoms. The second-order valence-electron chi connectivity index (χ2n) is 14.7. The third kappa shape index (κ3) is 4.76. The third-order valence-electron chi connectivity index (χ3n) is 12.1. The number of rotatable bonds is 8. The first kappa shape index (κ1) is 30.2. The van der Waals surface area contributed by atoms with E-state index in [0.717, 1.165) is 50.6 Å². The largest absolute Gasteiger partial charge is 0.458 e. The van der Waals surface area contributed by atoms with E-state index >= 15 is 0 Å². The van der Waals surface area contributed by atoms with Crippen LogP contribution in [0.3, 0.4) is 0 Å². The van der Waals surface area contributed by atoms with Gasteiger partial charge in [0.25, 0.3) is 0 Å². The maximum atomic E-state index is 14.4. The minimum absolute atomic E-state index is 0.0165. The minimum Gasteiger partial charge on any atom is -0.458 e. The summed E-state index contributed by atoms with van der Waals surface area (Å²) in [6, 6.07) is 0. The van der Waals surface area contributed by atoms with E-state index in [-0.39, 0.29) is 59.7 Å². The van der Waals surface area contributed by atoms with Crippen LogP contribution in [0.1, 0.15) is 84.5 Å². The van der Waals surface area contributed by atoms with E-state index in [2.05, 4.69) is 13.8 Å². The lowest BCUT2D eigenvalue weighted by atomic mass is 9.46. The molecule has 0 aromatic rings. The molecule has 0 amide bonds. The van der Waals surface area contributed by atoms with Crippen molar-refractivity contribution in [3.63, 3.8) is 0 Å². The Morgan fingerprint density at radius 2 is 1.90 bits per heavy atom. The van der Waals surface area contributed by atoms with Gasteiger partial charge in [-0.15, -0.1) is 0 Å². The number of aliphatic hydroxyl groups is 1. The van der Waals surface area contributed by atoms with Crippen molar-refractivity contribution in [1.82, 2.24) is 4.90 Å². The Balaban J connectivity index is 1.28. The first-order valence-corrected chi connectivity index (χ1v) is 16.3. The Morgan fingerprint density at radius 1 is 1.14 bits per heavy atom. The molecule has 6 rings (SSSR count). The number of hydrogen-bond donors (Lipinski definition) is 1. The molecule has 1 heterocycles. The number of carbonyl (C=O) groups is 3. The van der Waals surface area contributed by atoms with E-state index in [4.69, 9.17) is 14.2 Å². The zero-order valence-corrected chi connectivity index (χ0v) is 25.8. The standard InChI is InChI=1S/C34H49NO7/c1-32-15-14-23(36)17-22(32)12-13-24-25-18-28-34(33(25,2)19-26(37)30(24)32,42-31(41-28)21-9-6-5-7-10-21)27(38)20-40-29(39)11-8-16-35(3)4/h14-15,17,21,24-26,28,30-31,37H,5-13,16,18-20H2,1-4H3/t24-,25-,26-,28+,30+,31+,32-,33-,34+/m0/s1. The smallest absolute Gasteiger partial charge is 0.306 e. The van der Waals surface area contributed by atoms with Gasteiger partial charge >= 0.3 is 5.97 Å². The number of carbonyl (C=O) groups excluding carboxylic acids is 3. The maximum absolute atomic E-state index is 14.4. The highest BCUT2D eigenvalue weighted by atomic mass is 16.7. The first-order chi connectivity index (χ1) is 20.0. The molecule has 0 unspecified atom stereocenters. The second-order valence-corrected chi connectivity index (χ2v) is 14.7. The minimum atomic E-state index is -1.26. The first-order valence-electron chi connectivity index (χ1n) is 16.3. The molecule has 4 saturated carbocycles. The van der Waals surface area contributed by atoms with Gasteiger partial charge in [0, 0.05) is 29.1 Å². The number of nitrogens with zero attached hydrogens (tertiary/aromatic N) is 1. The Labute approximate surface area is 250 Å². The van der Waals surface area contributed by atoms with Crippen LogP contribution in [0.15, 0.2) is 23.8 Å². The Hall–Kier alpha value is -1.87. The Bertz CT molecular complexity index is 1160. The summed E-state index contributed by atoms with van der Waals surface area (Å²) in [6.07, 6.45) is 13.1. The molecule has 9 atom stereocenters. The summed E-state index contributed by atoms with van der Waals surface area (Å²) >= 11 is 0. The van der Waals surface area contributed by atoms with Crippen LogP contribution in [0.25, 0.3) is 0 Å². The molecule has 5 aliphatic carbocycles. The normalized spacial score (nSPS) is 42.9. The quantitative estimate of drug-likeness (QED) is 0.420. The number of aliphatic hydroxyl groups excluding tert-OH is 1. The summed E-state index contributed by atoms with van der Waals surface area (Å²) in [7, 11) is 3.92. The van der Waals surface area contributed by atoms with Crippen LogP contribution in [-0.4, -0.2) is 78.9 Å². The lowest BCUT2D eigenvalue weighted by Gasteiger charge is -2.59. The van der Waals surface area contributed by atoms with Gasteiger partial charge < -0.3 is 24.2 Å². The van der Waals surface area contributed by atoms with Crippen LogP contribution in [0.4, 0.5) is 0 Å². The molecule has 8 nitrogen and oxygen atoms in total. The molecule has 0 bridgehead atoms. The Morgan fingerprint density at radius 3 is 2.64 bits per heavy atom. The zero-order chi connectivity index (χ0) is 29.9. The van der Waals surface area contributed by atoms with Crippen LogP contribution in [0.5, 0.6) is 0 Å². The van der Waals surface area contributed by atoms with E-state index in [1.807, 2.05) is 25.1 Å². The SMILES string of the molecule is CN(C)CCCC(=O)OCC(=O)[C@@]12O[C@H](C3CCCCC3)O[C@@H]1C[C@H]1[C@@H]3CCC4=CC(=O)C=C[C@]4(C)[C@H]3[C@@H](O)C[C@@]12C. The van der Waals surface area contributed by atoms with Gasteiger partial charge in [0.1, 0.15) is 0 Å². The molecule has 0 aromatic heterocycles. The number of allylic oxidation sites excluding steroid dienone is 4. The topological polar surface area (TPSA) is 102 Å². The number of hydrogen-bond acceptors (Lipinski definition) is 8. The van der Waals surface area contributed by atoms with E-state index in [1.54, 1.807) is 12.2 Å². The lowest BCUT2D eigenvalue weighted by Crippen LogP contribution is -2.63. The van der Waals surface area contributed by atoms with Gasteiger partial charge in [-0.2, -0.15) is 0 Å². The molecule has 42 heavy (non-hydrogen) atoms. The van der Waals surface area contributed by atoms with Gasteiger partial charge in [0.05, 0.1) is 12.2 Å². The van der Waals surface area contributed by atoms with Crippen molar-refractivity contribution in [2.24, 2.45) is 34.5 Å².